The molecule has 1 N–H and O–H groups in total. The van der Waals surface area contributed by atoms with Gasteiger partial charge in [-0.2, -0.15) is 0 Å². The van der Waals surface area contributed by atoms with Crippen molar-refractivity contribution in [2.45, 2.75) is 18.9 Å². The lowest BCUT2D eigenvalue weighted by Gasteiger charge is -2.33. The maximum Gasteiger partial charge on any atom is 0.336 e. The topological polar surface area (TPSA) is 62.7 Å². The molecule has 1 aliphatic heterocycles. The van der Waals surface area contributed by atoms with Crippen molar-refractivity contribution in [1.82, 2.24) is 4.98 Å². The maximum atomic E-state index is 11.3. The van der Waals surface area contributed by atoms with E-state index in [1.807, 2.05) is 18.2 Å². The number of aromatic nitrogens is 1. The molecule has 2 aromatic rings. The Bertz CT molecular complexity index is 672. The van der Waals surface area contributed by atoms with Crippen molar-refractivity contribution in [3.05, 3.63) is 36.0 Å². The van der Waals surface area contributed by atoms with Gasteiger partial charge in [-0.25, -0.2) is 4.79 Å². The number of benzene rings is 1. The van der Waals surface area contributed by atoms with Gasteiger partial charge in [0.1, 0.15) is 0 Å². The Kier molecular flexibility index (Phi) is 3.75. The van der Waals surface area contributed by atoms with Gasteiger partial charge in [0.05, 0.1) is 17.2 Å². The quantitative estimate of drug-likeness (QED) is 0.939. The van der Waals surface area contributed by atoms with E-state index in [2.05, 4.69) is 9.88 Å². The molecule has 21 heavy (non-hydrogen) atoms. The van der Waals surface area contributed by atoms with Gasteiger partial charge in [-0.15, -0.1) is 0 Å². The summed E-state index contributed by atoms with van der Waals surface area (Å²) in [4.78, 5) is 17.8. The fraction of sp³-hybridized carbons (Fsp3) is 0.375. The summed E-state index contributed by atoms with van der Waals surface area (Å²) in [5.74, 6) is -0.923. The van der Waals surface area contributed by atoms with E-state index in [1.165, 1.54) is 6.20 Å². The molecule has 1 saturated heterocycles. The summed E-state index contributed by atoms with van der Waals surface area (Å²) in [6, 6.07) is 7.35. The van der Waals surface area contributed by atoms with Crippen molar-refractivity contribution >= 4 is 22.6 Å². The fourth-order valence-corrected chi connectivity index (χ4v) is 2.88. The third-order valence-corrected chi connectivity index (χ3v) is 4.03. The molecule has 0 radical (unpaired) electrons. The van der Waals surface area contributed by atoms with Gasteiger partial charge in [0.2, 0.25) is 0 Å². The predicted molar refractivity (Wildman–Crippen MR) is 80.9 cm³/mol. The molecule has 1 atom stereocenters. The van der Waals surface area contributed by atoms with Crippen LogP contribution < -0.4 is 4.90 Å². The Balaban J connectivity index is 2.00. The van der Waals surface area contributed by atoms with Crippen LogP contribution in [0.15, 0.2) is 30.5 Å². The number of aromatic carboxylic acids is 1. The number of carboxylic acid groups (broad SMARTS) is 1. The molecule has 0 bridgehead atoms. The molecule has 1 fully saturated rings. The predicted octanol–water partition coefficient (Wildman–Crippen LogP) is 2.55. The highest BCUT2D eigenvalue weighted by Gasteiger charge is 2.20. The summed E-state index contributed by atoms with van der Waals surface area (Å²) < 4.78 is 5.44. The average Bonchev–Trinajstić information content (AvgIpc) is 2.53. The molecule has 5 heteroatoms. The number of fused-ring (bicyclic) bond motifs is 1. The molecule has 5 nitrogen and oxygen atoms in total. The van der Waals surface area contributed by atoms with Gasteiger partial charge in [-0.1, -0.05) is 0 Å². The highest BCUT2D eigenvalue weighted by molar-refractivity contribution is 6.03. The third-order valence-electron chi connectivity index (χ3n) is 4.03. The van der Waals surface area contributed by atoms with Gasteiger partial charge in [-0.3, -0.25) is 4.98 Å². The number of carbonyl (C=O) groups is 1. The van der Waals surface area contributed by atoms with Crippen LogP contribution in [-0.2, 0) is 4.74 Å². The molecule has 0 amide bonds. The van der Waals surface area contributed by atoms with Crippen LogP contribution >= 0.6 is 0 Å². The molecule has 0 aliphatic carbocycles. The fourth-order valence-electron chi connectivity index (χ4n) is 2.88. The number of pyridine rings is 1. The Hall–Kier alpha value is -2.14. The second kappa shape index (κ2) is 5.69. The average molecular weight is 286 g/mol. The highest BCUT2D eigenvalue weighted by atomic mass is 16.5. The number of methoxy groups -OCH3 is 1. The van der Waals surface area contributed by atoms with E-state index in [9.17, 15) is 9.90 Å². The molecule has 0 saturated carbocycles. The van der Waals surface area contributed by atoms with E-state index >= 15 is 0 Å². The van der Waals surface area contributed by atoms with Gasteiger partial charge in [0.15, 0.2) is 0 Å². The molecule has 0 unspecified atom stereocenters. The first-order valence-electron chi connectivity index (χ1n) is 7.09. The number of ether oxygens (including phenoxy) is 1. The van der Waals surface area contributed by atoms with Crippen molar-refractivity contribution in [1.29, 1.82) is 0 Å². The first kappa shape index (κ1) is 13.8. The van der Waals surface area contributed by atoms with Crippen LogP contribution in [0.4, 0.5) is 5.69 Å². The molecule has 0 spiro atoms. The maximum absolute atomic E-state index is 11.3. The van der Waals surface area contributed by atoms with E-state index in [0.717, 1.165) is 31.6 Å². The highest BCUT2D eigenvalue weighted by Crippen LogP contribution is 2.26. The van der Waals surface area contributed by atoms with Crippen molar-refractivity contribution in [3.8, 4) is 0 Å². The number of carboxylic acids is 1. The Morgan fingerprint density at radius 3 is 3.05 bits per heavy atom. The first-order chi connectivity index (χ1) is 10.2. The third kappa shape index (κ3) is 2.69. The Labute approximate surface area is 123 Å². The Morgan fingerprint density at radius 1 is 1.43 bits per heavy atom. The van der Waals surface area contributed by atoms with Crippen LogP contribution in [0.3, 0.4) is 0 Å². The number of hydrogen-bond donors (Lipinski definition) is 1. The minimum absolute atomic E-state index is 0.238. The van der Waals surface area contributed by atoms with Gasteiger partial charge in [0, 0.05) is 37.5 Å². The normalized spacial score (nSPS) is 18.9. The van der Waals surface area contributed by atoms with Crippen LogP contribution in [0.25, 0.3) is 10.9 Å². The van der Waals surface area contributed by atoms with Crippen LogP contribution in [-0.4, -0.2) is 42.4 Å². The molecule has 2 heterocycles. The Morgan fingerprint density at radius 2 is 2.29 bits per heavy atom. The minimum atomic E-state index is -0.923. The second-order valence-corrected chi connectivity index (χ2v) is 5.31. The lowest BCUT2D eigenvalue weighted by atomic mass is 10.0. The lowest BCUT2D eigenvalue weighted by molar-refractivity contribution is 0.0699. The monoisotopic (exact) mass is 286 g/mol. The van der Waals surface area contributed by atoms with E-state index < -0.39 is 5.97 Å². The number of anilines is 1. The summed E-state index contributed by atoms with van der Waals surface area (Å²) in [7, 11) is 1.74. The zero-order chi connectivity index (χ0) is 14.8. The molecule has 3 rings (SSSR count). The van der Waals surface area contributed by atoms with Crippen molar-refractivity contribution in [2.75, 3.05) is 25.1 Å². The summed E-state index contributed by atoms with van der Waals surface area (Å²) in [6.07, 6.45) is 3.92. The van der Waals surface area contributed by atoms with Crippen molar-refractivity contribution in [3.63, 3.8) is 0 Å². The smallest absolute Gasteiger partial charge is 0.336 e. The summed E-state index contributed by atoms with van der Waals surface area (Å²) in [5.41, 5.74) is 2.03. The largest absolute Gasteiger partial charge is 0.478 e. The first-order valence-corrected chi connectivity index (χ1v) is 7.09. The molecule has 1 aliphatic rings. The van der Waals surface area contributed by atoms with E-state index in [0.29, 0.717) is 16.5 Å². The van der Waals surface area contributed by atoms with E-state index in [1.54, 1.807) is 13.2 Å². The van der Waals surface area contributed by atoms with Gasteiger partial charge in [-0.05, 0) is 37.1 Å². The number of hydrogen-bond acceptors (Lipinski definition) is 4. The van der Waals surface area contributed by atoms with Crippen molar-refractivity contribution < 1.29 is 14.6 Å². The van der Waals surface area contributed by atoms with Gasteiger partial charge in [0.25, 0.3) is 0 Å². The zero-order valence-electron chi connectivity index (χ0n) is 12.0. The number of rotatable bonds is 3. The molecule has 1 aromatic heterocycles. The number of nitrogens with zero attached hydrogens (tertiary/aromatic N) is 2. The lowest BCUT2D eigenvalue weighted by Crippen LogP contribution is -2.39. The standard InChI is InChI=1S/C16H18N2O3/c1-21-12-3-2-8-18(10-12)11-4-5-15-14(9-11)13(16(19)20)6-7-17-15/h4-7,9,12H,2-3,8,10H2,1H3,(H,19,20)/t12-/m1/s1. The summed E-state index contributed by atoms with van der Waals surface area (Å²) in [5, 5.41) is 9.99. The van der Waals surface area contributed by atoms with Crippen LogP contribution in [0, 0.1) is 0 Å². The van der Waals surface area contributed by atoms with Crippen LogP contribution in [0.1, 0.15) is 23.2 Å². The minimum Gasteiger partial charge on any atom is -0.478 e. The molecular formula is C16H18N2O3. The molecule has 1 aromatic carbocycles. The second-order valence-electron chi connectivity index (χ2n) is 5.31. The van der Waals surface area contributed by atoms with E-state index in [-0.39, 0.29) is 6.10 Å². The SMILES string of the molecule is CO[C@@H]1CCCN(c2ccc3nccc(C(=O)O)c3c2)C1. The molecular weight excluding hydrogens is 268 g/mol. The summed E-state index contributed by atoms with van der Waals surface area (Å²) >= 11 is 0. The van der Waals surface area contributed by atoms with Crippen LogP contribution in [0.2, 0.25) is 0 Å². The van der Waals surface area contributed by atoms with Gasteiger partial charge < -0.3 is 14.7 Å². The van der Waals surface area contributed by atoms with Gasteiger partial charge >= 0.3 is 5.97 Å². The summed E-state index contributed by atoms with van der Waals surface area (Å²) in [6.45, 7) is 1.80. The molecule has 110 valence electrons. The number of piperidine rings is 1. The van der Waals surface area contributed by atoms with Crippen LogP contribution in [0.5, 0.6) is 0 Å². The van der Waals surface area contributed by atoms with Crippen molar-refractivity contribution in [2.24, 2.45) is 0 Å². The van der Waals surface area contributed by atoms with E-state index in [4.69, 9.17) is 4.74 Å². The zero-order valence-corrected chi connectivity index (χ0v) is 12.0.